The molecule has 0 spiro atoms. The molecule has 0 saturated heterocycles. The average molecular weight is 177 g/mol. The van der Waals surface area contributed by atoms with Crippen LogP contribution in [0.4, 0.5) is 0 Å². The zero-order valence-electron chi connectivity index (χ0n) is 7.38. The Bertz CT molecular complexity index is 410. The van der Waals surface area contributed by atoms with Crippen LogP contribution in [0.3, 0.4) is 0 Å². The van der Waals surface area contributed by atoms with Gasteiger partial charge in [0.2, 0.25) is 0 Å². The number of fused-ring (bicyclic) bond motifs is 1. The summed E-state index contributed by atoms with van der Waals surface area (Å²) in [5.41, 5.74) is 1.70. The molecule has 4 heteroatoms. The van der Waals surface area contributed by atoms with Crippen molar-refractivity contribution in [2.24, 2.45) is 0 Å². The van der Waals surface area contributed by atoms with Crippen LogP contribution in [-0.4, -0.2) is 19.9 Å². The van der Waals surface area contributed by atoms with Gasteiger partial charge in [0, 0.05) is 0 Å². The summed E-state index contributed by atoms with van der Waals surface area (Å²) in [6.07, 6.45) is 1.88. The van der Waals surface area contributed by atoms with Gasteiger partial charge < -0.3 is 5.11 Å². The summed E-state index contributed by atoms with van der Waals surface area (Å²) < 4.78 is 1.66. The molecule has 0 aliphatic heterocycles. The lowest BCUT2D eigenvalue weighted by molar-refractivity contribution is 0.166. The van der Waals surface area contributed by atoms with Crippen LogP contribution in [0.25, 0.3) is 5.52 Å². The lowest BCUT2D eigenvalue weighted by atomic mass is 10.2. The smallest absolute Gasteiger partial charge is 0.0958 e. The Hall–Kier alpha value is -1.42. The van der Waals surface area contributed by atoms with E-state index in [-0.39, 0.29) is 0 Å². The third kappa shape index (κ3) is 1.29. The van der Waals surface area contributed by atoms with Gasteiger partial charge in [0.1, 0.15) is 0 Å². The first-order valence-corrected chi connectivity index (χ1v) is 4.30. The number of aliphatic hydroxyl groups excluding tert-OH is 1. The van der Waals surface area contributed by atoms with Crippen LogP contribution < -0.4 is 0 Å². The first-order chi connectivity index (χ1) is 6.33. The molecule has 68 valence electrons. The number of pyridine rings is 1. The molecular weight excluding hydrogens is 166 g/mol. The SMILES string of the molecule is CC[C@@H](O)c1cccc2cnnn12. The second-order valence-electron chi connectivity index (χ2n) is 2.95. The normalized spacial score (nSPS) is 13.4. The van der Waals surface area contributed by atoms with Gasteiger partial charge in [-0.1, -0.05) is 18.2 Å². The molecule has 0 aliphatic rings. The van der Waals surface area contributed by atoms with Gasteiger partial charge >= 0.3 is 0 Å². The molecular formula is C9H11N3O. The van der Waals surface area contributed by atoms with Gasteiger partial charge in [0.05, 0.1) is 23.5 Å². The van der Waals surface area contributed by atoms with Gasteiger partial charge in [0.25, 0.3) is 0 Å². The fourth-order valence-corrected chi connectivity index (χ4v) is 1.33. The van der Waals surface area contributed by atoms with Crippen molar-refractivity contribution in [1.29, 1.82) is 0 Å². The zero-order chi connectivity index (χ0) is 9.26. The summed E-state index contributed by atoms with van der Waals surface area (Å²) in [6.45, 7) is 1.93. The maximum absolute atomic E-state index is 9.66. The Balaban J connectivity index is 2.60. The average Bonchev–Trinajstić information content (AvgIpc) is 2.63. The van der Waals surface area contributed by atoms with E-state index in [1.165, 1.54) is 0 Å². The molecule has 0 aliphatic carbocycles. The molecule has 0 unspecified atom stereocenters. The van der Waals surface area contributed by atoms with Crippen LogP contribution in [0.5, 0.6) is 0 Å². The molecule has 0 bridgehead atoms. The molecule has 0 radical (unpaired) electrons. The van der Waals surface area contributed by atoms with Gasteiger partial charge in [-0.2, -0.15) is 0 Å². The van der Waals surface area contributed by atoms with Gasteiger partial charge in [0.15, 0.2) is 0 Å². The number of rotatable bonds is 2. The predicted octanol–water partition coefficient (Wildman–Crippen LogP) is 1.17. The van der Waals surface area contributed by atoms with Crippen LogP contribution in [0.1, 0.15) is 25.1 Å². The number of hydrogen-bond acceptors (Lipinski definition) is 3. The van der Waals surface area contributed by atoms with Crippen LogP contribution in [0.2, 0.25) is 0 Å². The minimum atomic E-state index is -0.467. The van der Waals surface area contributed by atoms with E-state index >= 15 is 0 Å². The van der Waals surface area contributed by atoms with Crippen molar-refractivity contribution in [3.63, 3.8) is 0 Å². The maximum atomic E-state index is 9.66. The summed E-state index contributed by atoms with van der Waals surface area (Å²) >= 11 is 0. The van der Waals surface area contributed by atoms with Crippen LogP contribution in [0.15, 0.2) is 24.4 Å². The van der Waals surface area contributed by atoms with Crippen molar-refractivity contribution in [2.45, 2.75) is 19.4 Å². The lowest BCUT2D eigenvalue weighted by Crippen LogP contribution is -2.04. The van der Waals surface area contributed by atoms with E-state index in [0.717, 1.165) is 11.2 Å². The van der Waals surface area contributed by atoms with Crippen LogP contribution >= 0.6 is 0 Å². The summed E-state index contributed by atoms with van der Waals surface area (Å²) in [7, 11) is 0. The molecule has 1 N–H and O–H groups in total. The fraction of sp³-hybridized carbons (Fsp3) is 0.333. The van der Waals surface area contributed by atoms with Gasteiger partial charge in [-0.05, 0) is 18.6 Å². The van der Waals surface area contributed by atoms with Crippen molar-refractivity contribution in [1.82, 2.24) is 14.8 Å². The van der Waals surface area contributed by atoms with E-state index < -0.39 is 6.10 Å². The highest BCUT2D eigenvalue weighted by molar-refractivity contribution is 5.44. The molecule has 2 aromatic heterocycles. The first-order valence-electron chi connectivity index (χ1n) is 4.30. The van der Waals surface area contributed by atoms with E-state index in [0.29, 0.717) is 6.42 Å². The Labute approximate surface area is 75.8 Å². The molecule has 0 saturated carbocycles. The summed E-state index contributed by atoms with van der Waals surface area (Å²) in [4.78, 5) is 0. The Morgan fingerprint density at radius 2 is 2.38 bits per heavy atom. The van der Waals surface area contributed by atoms with E-state index in [1.54, 1.807) is 10.7 Å². The highest BCUT2D eigenvalue weighted by Gasteiger charge is 2.09. The van der Waals surface area contributed by atoms with E-state index in [4.69, 9.17) is 0 Å². The standard InChI is InChI=1S/C9H11N3O/c1-2-9(13)8-5-3-4-7-6-10-11-12(7)8/h3-6,9,13H,2H2,1H3/t9-/m1/s1. The molecule has 2 heterocycles. The highest BCUT2D eigenvalue weighted by atomic mass is 16.3. The second-order valence-corrected chi connectivity index (χ2v) is 2.95. The van der Waals surface area contributed by atoms with Gasteiger partial charge in [-0.15, -0.1) is 5.10 Å². The molecule has 2 rings (SSSR count). The number of nitrogens with zero attached hydrogens (tertiary/aromatic N) is 3. The molecule has 0 amide bonds. The molecule has 2 aromatic rings. The maximum Gasteiger partial charge on any atom is 0.0958 e. The number of hydrogen-bond donors (Lipinski definition) is 1. The Kier molecular flexibility index (Phi) is 1.98. The third-order valence-corrected chi connectivity index (χ3v) is 2.08. The Morgan fingerprint density at radius 1 is 1.54 bits per heavy atom. The Morgan fingerprint density at radius 3 is 3.15 bits per heavy atom. The van der Waals surface area contributed by atoms with Crippen molar-refractivity contribution < 1.29 is 5.11 Å². The number of aromatic nitrogens is 3. The minimum Gasteiger partial charge on any atom is -0.387 e. The van der Waals surface area contributed by atoms with Gasteiger partial charge in [-0.3, -0.25) is 0 Å². The molecule has 0 aromatic carbocycles. The fourth-order valence-electron chi connectivity index (χ4n) is 1.33. The van der Waals surface area contributed by atoms with E-state index in [1.807, 2.05) is 25.1 Å². The summed E-state index contributed by atoms with van der Waals surface area (Å²) in [6, 6.07) is 5.66. The second kappa shape index (κ2) is 3.14. The van der Waals surface area contributed by atoms with Crippen molar-refractivity contribution >= 4 is 5.52 Å². The monoisotopic (exact) mass is 177 g/mol. The third-order valence-electron chi connectivity index (χ3n) is 2.08. The molecule has 4 nitrogen and oxygen atoms in total. The highest BCUT2D eigenvalue weighted by Crippen LogP contribution is 2.16. The topological polar surface area (TPSA) is 50.4 Å². The summed E-state index contributed by atoms with van der Waals surface area (Å²) in [5.74, 6) is 0. The van der Waals surface area contributed by atoms with E-state index in [2.05, 4.69) is 10.3 Å². The molecule has 13 heavy (non-hydrogen) atoms. The van der Waals surface area contributed by atoms with Gasteiger partial charge in [-0.25, -0.2) is 4.52 Å². The molecule has 0 fully saturated rings. The first kappa shape index (κ1) is 8.19. The van der Waals surface area contributed by atoms with Crippen LogP contribution in [0, 0.1) is 0 Å². The predicted molar refractivity (Wildman–Crippen MR) is 48.2 cm³/mol. The number of aliphatic hydroxyl groups is 1. The van der Waals surface area contributed by atoms with Crippen LogP contribution in [-0.2, 0) is 0 Å². The lowest BCUT2D eigenvalue weighted by Gasteiger charge is -2.08. The summed E-state index contributed by atoms with van der Waals surface area (Å²) in [5, 5.41) is 17.3. The van der Waals surface area contributed by atoms with Crippen molar-refractivity contribution in [2.75, 3.05) is 0 Å². The zero-order valence-corrected chi connectivity index (χ0v) is 7.38. The minimum absolute atomic E-state index is 0.467. The quantitative estimate of drug-likeness (QED) is 0.749. The van der Waals surface area contributed by atoms with Crippen molar-refractivity contribution in [3.05, 3.63) is 30.1 Å². The molecule has 1 atom stereocenters. The van der Waals surface area contributed by atoms with E-state index in [9.17, 15) is 5.11 Å². The van der Waals surface area contributed by atoms with Crippen molar-refractivity contribution in [3.8, 4) is 0 Å². The largest absolute Gasteiger partial charge is 0.387 e.